The van der Waals surface area contributed by atoms with E-state index in [0.29, 0.717) is 12.5 Å². The van der Waals surface area contributed by atoms with Crippen molar-refractivity contribution in [2.75, 3.05) is 6.61 Å². The highest BCUT2D eigenvalue weighted by atomic mass is 16.5. The molecule has 0 radical (unpaired) electrons. The lowest BCUT2D eigenvalue weighted by molar-refractivity contribution is -0.146. The number of esters is 1. The second-order valence-electron chi connectivity index (χ2n) is 4.30. The molecule has 3 heteroatoms. The molecule has 0 amide bonds. The fourth-order valence-corrected chi connectivity index (χ4v) is 2.08. The molecule has 0 aromatic heterocycles. The van der Waals surface area contributed by atoms with Crippen molar-refractivity contribution in [3.05, 3.63) is 0 Å². The number of hydrogen-bond donors (Lipinski definition) is 1. The molecule has 0 bridgehead atoms. The zero-order chi connectivity index (χ0) is 10.6. The summed E-state index contributed by atoms with van der Waals surface area (Å²) in [4.78, 5) is 11.4. The number of nitrogens with two attached hydrogens (primary N) is 1. The third-order valence-electron chi connectivity index (χ3n) is 3.13. The largest absolute Gasteiger partial charge is 0.465 e. The number of hydrogen-bond acceptors (Lipinski definition) is 3. The van der Waals surface area contributed by atoms with E-state index in [-0.39, 0.29) is 5.97 Å². The van der Waals surface area contributed by atoms with E-state index < -0.39 is 6.04 Å². The molecule has 2 N–H and O–H groups in total. The van der Waals surface area contributed by atoms with Gasteiger partial charge in [-0.1, -0.05) is 19.8 Å². The number of ether oxygens (including phenoxy) is 1. The Hall–Kier alpha value is -0.570. The van der Waals surface area contributed by atoms with Crippen LogP contribution in [-0.4, -0.2) is 18.6 Å². The van der Waals surface area contributed by atoms with E-state index in [2.05, 4.69) is 6.92 Å². The standard InChI is InChI=1S/C11H21NO2/c1-3-14-11(13)10(12)9-6-4-8(2)5-7-9/h8-10H,3-7,12H2,1-2H3/t8?,9?,10-/m0/s1. The molecular formula is C11H21NO2. The molecule has 0 aromatic carbocycles. The molecule has 0 heterocycles. The van der Waals surface area contributed by atoms with Crippen molar-refractivity contribution < 1.29 is 9.53 Å². The maximum absolute atomic E-state index is 11.4. The first-order chi connectivity index (χ1) is 6.65. The molecule has 14 heavy (non-hydrogen) atoms. The van der Waals surface area contributed by atoms with E-state index in [1.54, 1.807) is 0 Å². The van der Waals surface area contributed by atoms with Gasteiger partial charge in [-0.15, -0.1) is 0 Å². The molecule has 0 unspecified atom stereocenters. The predicted molar refractivity (Wildman–Crippen MR) is 55.7 cm³/mol. The molecule has 82 valence electrons. The Morgan fingerprint density at radius 3 is 2.50 bits per heavy atom. The first-order valence-electron chi connectivity index (χ1n) is 5.57. The fraction of sp³-hybridized carbons (Fsp3) is 0.909. The Balaban J connectivity index is 2.37. The van der Waals surface area contributed by atoms with Crippen LogP contribution >= 0.6 is 0 Å². The fourth-order valence-electron chi connectivity index (χ4n) is 2.08. The van der Waals surface area contributed by atoms with Crippen LogP contribution in [-0.2, 0) is 9.53 Å². The highest BCUT2D eigenvalue weighted by molar-refractivity contribution is 5.75. The van der Waals surface area contributed by atoms with Crippen LogP contribution in [0, 0.1) is 11.8 Å². The van der Waals surface area contributed by atoms with Crippen LogP contribution < -0.4 is 5.73 Å². The number of carbonyl (C=O) groups excluding carboxylic acids is 1. The highest BCUT2D eigenvalue weighted by Gasteiger charge is 2.28. The third-order valence-corrected chi connectivity index (χ3v) is 3.13. The van der Waals surface area contributed by atoms with Crippen molar-refractivity contribution >= 4 is 5.97 Å². The molecule has 0 aliphatic heterocycles. The lowest BCUT2D eigenvalue weighted by Crippen LogP contribution is -2.40. The summed E-state index contributed by atoms with van der Waals surface area (Å²) in [7, 11) is 0. The van der Waals surface area contributed by atoms with Crippen LogP contribution in [0.3, 0.4) is 0 Å². The molecule has 1 fully saturated rings. The van der Waals surface area contributed by atoms with E-state index in [9.17, 15) is 4.79 Å². The van der Waals surface area contributed by atoms with E-state index in [1.165, 1.54) is 12.8 Å². The second kappa shape index (κ2) is 5.35. The highest BCUT2D eigenvalue weighted by Crippen LogP contribution is 2.30. The first-order valence-corrected chi connectivity index (χ1v) is 5.57. The summed E-state index contributed by atoms with van der Waals surface area (Å²) in [6, 6.07) is -0.401. The Kier molecular flexibility index (Phi) is 4.39. The minimum atomic E-state index is -0.401. The molecule has 1 rings (SSSR count). The topological polar surface area (TPSA) is 52.3 Å². The molecule has 0 saturated heterocycles. The summed E-state index contributed by atoms with van der Waals surface area (Å²) in [6.07, 6.45) is 4.53. The van der Waals surface area contributed by atoms with Gasteiger partial charge >= 0.3 is 5.97 Å². The van der Waals surface area contributed by atoms with Gasteiger partial charge in [-0.3, -0.25) is 4.79 Å². The van der Waals surface area contributed by atoms with Gasteiger partial charge in [-0.25, -0.2) is 0 Å². The normalized spacial score (nSPS) is 29.6. The Morgan fingerprint density at radius 2 is 2.00 bits per heavy atom. The summed E-state index contributed by atoms with van der Waals surface area (Å²) in [5.41, 5.74) is 5.85. The SMILES string of the molecule is CCOC(=O)[C@@H](N)C1CCC(C)CC1. The van der Waals surface area contributed by atoms with Crippen molar-refractivity contribution in [1.82, 2.24) is 0 Å². The smallest absolute Gasteiger partial charge is 0.323 e. The lowest BCUT2D eigenvalue weighted by Gasteiger charge is -2.29. The molecule has 0 spiro atoms. The molecule has 1 aliphatic carbocycles. The monoisotopic (exact) mass is 199 g/mol. The van der Waals surface area contributed by atoms with Crippen LogP contribution in [0.1, 0.15) is 39.5 Å². The van der Waals surface area contributed by atoms with Gasteiger partial charge in [-0.2, -0.15) is 0 Å². The van der Waals surface area contributed by atoms with E-state index in [1.807, 2.05) is 6.92 Å². The van der Waals surface area contributed by atoms with Crippen molar-refractivity contribution in [3.8, 4) is 0 Å². The second-order valence-corrected chi connectivity index (χ2v) is 4.30. The van der Waals surface area contributed by atoms with Crippen LogP contribution in [0.25, 0.3) is 0 Å². The van der Waals surface area contributed by atoms with E-state index in [0.717, 1.165) is 18.8 Å². The van der Waals surface area contributed by atoms with Gasteiger partial charge in [-0.05, 0) is 31.6 Å². The van der Waals surface area contributed by atoms with E-state index >= 15 is 0 Å². The van der Waals surface area contributed by atoms with Gasteiger partial charge in [0, 0.05) is 0 Å². The Morgan fingerprint density at radius 1 is 1.43 bits per heavy atom. The number of rotatable bonds is 3. The predicted octanol–water partition coefficient (Wildman–Crippen LogP) is 1.70. The van der Waals surface area contributed by atoms with Crippen LogP contribution in [0.15, 0.2) is 0 Å². The number of carbonyl (C=O) groups is 1. The van der Waals surface area contributed by atoms with Crippen LogP contribution in [0.5, 0.6) is 0 Å². The Labute approximate surface area is 86.0 Å². The molecule has 1 saturated carbocycles. The van der Waals surface area contributed by atoms with Gasteiger partial charge in [0.2, 0.25) is 0 Å². The molecule has 1 atom stereocenters. The van der Waals surface area contributed by atoms with Crippen molar-refractivity contribution in [2.45, 2.75) is 45.6 Å². The van der Waals surface area contributed by atoms with Crippen molar-refractivity contribution in [2.24, 2.45) is 17.6 Å². The summed E-state index contributed by atoms with van der Waals surface area (Å²) < 4.78 is 4.92. The third kappa shape index (κ3) is 2.98. The van der Waals surface area contributed by atoms with Gasteiger partial charge in [0.15, 0.2) is 0 Å². The summed E-state index contributed by atoms with van der Waals surface area (Å²) in [6.45, 7) is 4.50. The maximum Gasteiger partial charge on any atom is 0.323 e. The van der Waals surface area contributed by atoms with Crippen molar-refractivity contribution in [1.29, 1.82) is 0 Å². The summed E-state index contributed by atoms with van der Waals surface area (Å²) >= 11 is 0. The molecule has 3 nitrogen and oxygen atoms in total. The molecule has 1 aliphatic rings. The Bertz CT molecular complexity index is 186. The van der Waals surface area contributed by atoms with Gasteiger partial charge in [0.1, 0.15) is 6.04 Å². The maximum atomic E-state index is 11.4. The zero-order valence-electron chi connectivity index (χ0n) is 9.16. The zero-order valence-corrected chi connectivity index (χ0v) is 9.16. The summed E-state index contributed by atoms with van der Waals surface area (Å²) in [5, 5.41) is 0. The average molecular weight is 199 g/mol. The minimum Gasteiger partial charge on any atom is -0.465 e. The van der Waals surface area contributed by atoms with Gasteiger partial charge in [0.25, 0.3) is 0 Å². The lowest BCUT2D eigenvalue weighted by atomic mass is 9.79. The van der Waals surface area contributed by atoms with Crippen LogP contribution in [0.2, 0.25) is 0 Å². The van der Waals surface area contributed by atoms with Crippen molar-refractivity contribution in [3.63, 3.8) is 0 Å². The average Bonchev–Trinajstić information content (AvgIpc) is 2.18. The molecule has 0 aromatic rings. The van der Waals surface area contributed by atoms with E-state index in [4.69, 9.17) is 10.5 Å². The first kappa shape index (κ1) is 11.5. The molecular weight excluding hydrogens is 178 g/mol. The minimum absolute atomic E-state index is 0.230. The van der Waals surface area contributed by atoms with Crippen LogP contribution in [0.4, 0.5) is 0 Å². The van der Waals surface area contributed by atoms with Gasteiger partial charge < -0.3 is 10.5 Å². The summed E-state index contributed by atoms with van der Waals surface area (Å²) in [5.74, 6) is 0.901. The van der Waals surface area contributed by atoms with Gasteiger partial charge in [0.05, 0.1) is 6.61 Å². The quantitative estimate of drug-likeness (QED) is 0.704.